The van der Waals surface area contributed by atoms with Crippen LogP contribution in [0.4, 0.5) is 11.6 Å². The number of rotatable bonds is 5. The van der Waals surface area contributed by atoms with Gasteiger partial charge in [-0.1, -0.05) is 6.07 Å². The topological polar surface area (TPSA) is 74.2 Å². The lowest BCUT2D eigenvalue weighted by Crippen LogP contribution is -2.49. The van der Waals surface area contributed by atoms with Crippen LogP contribution < -0.4 is 4.90 Å². The first-order valence-corrected chi connectivity index (χ1v) is 12.2. The summed E-state index contributed by atoms with van der Waals surface area (Å²) in [5, 5.41) is 0. The second-order valence-electron chi connectivity index (χ2n) is 8.69. The highest BCUT2D eigenvalue weighted by atomic mass is 32.2. The van der Waals surface area contributed by atoms with Gasteiger partial charge in [0.15, 0.2) is 4.90 Å². The average Bonchev–Trinajstić information content (AvgIpc) is 3.59. The lowest BCUT2D eigenvalue weighted by atomic mass is 9.81. The van der Waals surface area contributed by atoms with E-state index in [4.69, 9.17) is 14.7 Å². The number of anilines is 2. The summed E-state index contributed by atoms with van der Waals surface area (Å²) in [7, 11) is 0. The number of nitrogens with zero attached hydrogens (tertiary/aromatic N) is 4. The molecule has 1 saturated carbocycles. The third-order valence-corrected chi connectivity index (χ3v) is 7.89. The quantitative estimate of drug-likeness (QED) is 0.568. The minimum atomic E-state index is -1.000. The highest BCUT2D eigenvalue weighted by Crippen LogP contribution is 2.48. The second-order valence-corrected chi connectivity index (χ2v) is 10.4. The SMILES string of the molecule is CC[S+]([O-])c1ccc2c(c1)N(c1ncc(-c3cc(C4CC4)ccn3)cn1)CC21COC1. The number of ether oxygens (including phenoxy) is 1. The molecular formula is C24H24N4O2S. The molecular weight excluding hydrogens is 408 g/mol. The Hall–Kier alpha value is -2.48. The number of hydrogen-bond donors (Lipinski definition) is 0. The second kappa shape index (κ2) is 7.29. The van der Waals surface area contributed by atoms with Crippen molar-refractivity contribution in [1.29, 1.82) is 0 Å². The zero-order valence-corrected chi connectivity index (χ0v) is 18.3. The predicted octanol–water partition coefficient (Wildman–Crippen LogP) is 3.96. The maximum atomic E-state index is 12.4. The Morgan fingerprint density at radius 2 is 1.94 bits per heavy atom. The largest absolute Gasteiger partial charge is 0.611 e. The minimum absolute atomic E-state index is 0.0241. The summed E-state index contributed by atoms with van der Waals surface area (Å²) in [6.07, 6.45) is 8.13. The Kier molecular flexibility index (Phi) is 4.52. The van der Waals surface area contributed by atoms with Crippen molar-refractivity contribution < 1.29 is 9.29 Å². The fourth-order valence-electron chi connectivity index (χ4n) is 4.61. The summed E-state index contributed by atoms with van der Waals surface area (Å²) in [5.41, 5.74) is 5.46. The van der Waals surface area contributed by atoms with Crippen molar-refractivity contribution in [1.82, 2.24) is 15.0 Å². The number of pyridine rings is 1. The molecule has 1 spiro atoms. The molecule has 4 heterocycles. The van der Waals surface area contributed by atoms with Gasteiger partial charge < -0.3 is 14.2 Å². The van der Waals surface area contributed by atoms with Crippen LogP contribution in [0.15, 0.2) is 53.8 Å². The maximum Gasteiger partial charge on any atom is 0.229 e. The molecule has 6 nitrogen and oxygen atoms in total. The van der Waals surface area contributed by atoms with Gasteiger partial charge in [0.1, 0.15) is 5.75 Å². The molecule has 0 radical (unpaired) electrons. The fraction of sp³-hybridized carbons (Fsp3) is 0.375. The number of fused-ring (bicyclic) bond motifs is 2. The van der Waals surface area contributed by atoms with Crippen molar-refractivity contribution in [2.24, 2.45) is 0 Å². The highest BCUT2D eigenvalue weighted by molar-refractivity contribution is 7.91. The molecule has 1 aliphatic carbocycles. The monoisotopic (exact) mass is 432 g/mol. The molecule has 1 aromatic carbocycles. The van der Waals surface area contributed by atoms with Crippen molar-refractivity contribution in [2.75, 3.05) is 30.4 Å². The van der Waals surface area contributed by atoms with Gasteiger partial charge in [-0.2, -0.15) is 0 Å². The van der Waals surface area contributed by atoms with Gasteiger partial charge in [0.25, 0.3) is 0 Å². The summed E-state index contributed by atoms with van der Waals surface area (Å²) in [4.78, 5) is 16.9. The molecule has 3 aliphatic rings. The smallest absolute Gasteiger partial charge is 0.229 e. The molecule has 0 N–H and O–H groups in total. The molecule has 2 aromatic heterocycles. The third-order valence-electron chi connectivity index (χ3n) is 6.58. The van der Waals surface area contributed by atoms with Crippen LogP contribution in [-0.4, -0.2) is 45.0 Å². The van der Waals surface area contributed by atoms with Gasteiger partial charge in [0.2, 0.25) is 5.95 Å². The van der Waals surface area contributed by atoms with Crippen molar-refractivity contribution in [3.8, 4) is 11.3 Å². The molecule has 0 amide bonds. The van der Waals surface area contributed by atoms with Crippen LogP contribution in [-0.2, 0) is 21.3 Å². The van der Waals surface area contributed by atoms with Crippen LogP contribution in [0.5, 0.6) is 0 Å². The van der Waals surface area contributed by atoms with E-state index in [-0.39, 0.29) is 5.41 Å². The Morgan fingerprint density at radius 3 is 2.61 bits per heavy atom. The van der Waals surface area contributed by atoms with Crippen LogP contribution in [0.25, 0.3) is 11.3 Å². The zero-order chi connectivity index (χ0) is 21.0. The van der Waals surface area contributed by atoms with Gasteiger partial charge in [0, 0.05) is 36.8 Å². The summed E-state index contributed by atoms with van der Waals surface area (Å²) in [6, 6.07) is 10.4. The Balaban J connectivity index is 1.34. The first-order valence-electron chi connectivity index (χ1n) is 10.8. The summed E-state index contributed by atoms with van der Waals surface area (Å²) in [6.45, 7) is 4.11. The lowest BCUT2D eigenvalue weighted by molar-refractivity contribution is -0.0507. The molecule has 1 saturated heterocycles. The average molecular weight is 433 g/mol. The molecule has 3 aromatic rings. The zero-order valence-electron chi connectivity index (χ0n) is 17.5. The number of benzene rings is 1. The standard InChI is InChI=1S/C24H24N4O2S/c1-2-31(29)19-5-6-20-22(10-19)28(13-24(20)14-30-15-24)23-26-11-18(12-27-23)21-9-17(7-8-25-21)16-3-4-16/h5-12,16H,2-4,13-15H2,1H3. The van der Waals surface area contributed by atoms with E-state index in [0.29, 0.717) is 30.8 Å². The van der Waals surface area contributed by atoms with E-state index < -0.39 is 11.2 Å². The van der Waals surface area contributed by atoms with Crippen molar-refractivity contribution in [2.45, 2.75) is 36.0 Å². The maximum absolute atomic E-state index is 12.4. The van der Waals surface area contributed by atoms with Crippen LogP contribution in [0.2, 0.25) is 0 Å². The van der Waals surface area contributed by atoms with Gasteiger partial charge in [0.05, 0.1) is 30.0 Å². The Labute approximate surface area is 184 Å². The van der Waals surface area contributed by atoms with Gasteiger partial charge in [-0.05, 0) is 66.2 Å². The highest BCUT2D eigenvalue weighted by Gasteiger charge is 2.49. The summed E-state index contributed by atoms with van der Waals surface area (Å²) >= 11 is -1.000. The third kappa shape index (κ3) is 3.23. The molecule has 1 unspecified atom stereocenters. The Bertz CT molecular complexity index is 1130. The predicted molar refractivity (Wildman–Crippen MR) is 120 cm³/mol. The van der Waals surface area contributed by atoms with Crippen LogP contribution in [0, 0.1) is 0 Å². The van der Waals surface area contributed by atoms with Crippen LogP contribution in [0.1, 0.15) is 36.8 Å². The van der Waals surface area contributed by atoms with Gasteiger partial charge in [-0.15, -0.1) is 0 Å². The van der Waals surface area contributed by atoms with Crippen molar-refractivity contribution in [3.05, 3.63) is 60.0 Å². The molecule has 158 valence electrons. The van der Waals surface area contributed by atoms with E-state index in [9.17, 15) is 4.55 Å². The minimum Gasteiger partial charge on any atom is -0.611 e. The Morgan fingerprint density at radius 1 is 1.13 bits per heavy atom. The molecule has 2 fully saturated rings. The van der Waals surface area contributed by atoms with E-state index in [1.54, 1.807) is 0 Å². The molecule has 1 atom stereocenters. The number of aromatic nitrogens is 3. The van der Waals surface area contributed by atoms with Crippen molar-refractivity contribution >= 4 is 22.8 Å². The van der Waals surface area contributed by atoms with Gasteiger partial charge in [-0.3, -0.25) is 4.98 Å². The number of hydrogen-bond acceptors (Lipinski definition) is 6. The van der Waals surface area contributed by atoms with E-state index in [1.807, 2.05) is 37.6 Å². The molecule has 7 heteroatoms. The molecule has 31 heavy (non-hydrogen) atoms. The molecule has 2 aliphatic heterocycles. The van der Waals surface area contributed by atoms with E-state index >= 15 is 0 Å². The molecule has 0 bridgehead atoms. The first kappa shape index (κ1) is 19.2. The fourth-order valence-corrected chi connectivity index (χ4v) is 5.40. The lowest BCUT2D eigenvalue weighted by Gasteiger charge is -2.38. The van der Waals surface area contributed by atoms with Crippen LogP contribution in [0.3, 0.4) is 0 Å². The summed E-state index contributed by atoms with van der Waals surface area (Å²) < 4.78 is 18.0. The first-order chi connectivity index (χ1) is 15.2. The summed E-state index contributed by atoms with van der Waals surface area (Å²) in [5.74, 6) is 1.95. The van der Waals surface area contributed by atoms with Gasteiger partial charge >= 0.3 is 0 Å². The van der Waals surface area contributed by atoms with E-state index in [1.165, 1.54) is 24.0 Å². The normalized spacial score (nSPS) is 19.9. The van der Waals surface area contributed by atoms with Gasteiger partial charge in [-0.25, -0.2) is 9.97 Å². The van der Waals surface area contributed by atoms with E-state index in [0.717, 1.165) is 28.4 Å². The van der Waals surface area contributed by atoms with E-state index in [2.05, 4.69) is 28.1 Å². The molecule has 6 rings (SSSR count). The van der Waals surface area contributed by atoms with Crippen molar-refractivity contribution in [3.63, 3.8) is 0 Å². The van der Waals surface area contributed by atoms with Crippen LogP contribution >= 0.6 is 0 Å².